The van der Waals surface area contributed by atoms with Gasteiger partial charge in [0, 0.05) is 35.1 Å². The van der Waals surface area contributed by atoms with Gasteiger partial charge in [0.1, 0.15) is 0 Å². The SMILES string of the molecule is CCCCNC(=O)Oc1cncc(-c2cc(CC)c(=O)[nH]c2C)c1. The number of pyridine rings is 2. The van der Waals surface area contributed by atoms with Gasteiger partial charge in [0.15, 0.2) is 5.75 Å². The summed E-state index contributed by atoms with van der Waals surface area (Å²) in [5, 5.41) is 2.69. The van der Waals surface area contributed by atoms with Crippen LogP contribution in [0.4, 0.5) is 4.79 Å². The molecule has 0 saturated heterocycles. The van der Waals surface area contributed by atoms with E-state index in [1.807, 2.05) is 19.9 Å². The Morgan fingerprint density at radius 2 is 2.08 bits per heavy atom. The van der Waals surface area contributed by atoms with Crippen molar-refractivity contribution in [3.63, 3.8) is 0 Å². The van der Waals surface area contributed by atoms with Crippen molar-refractivity contribution in [3.05, 3.63) is 46.1 Å². The van der Waals surface area contributed by atoms with E-state index in [0.29, 0.717) is 24.3 Å². The van der Waals surface area contributed by atoms with Crippen LogP contribution in [0.15, 0.2) is 29.3 Å². The van der Waals surface area contributed by atoms with E-state index in [4.69, 9.17) is 4.74 Å². The van der Waals surface area contributed by atoms with Crippen molar-refractivity contribution in [2.45, 2.75) is 40.0 Å². The van der Waals surface area contributed by atoms with Gasteiger partial charge in [-0.05, 0) is 31.9 Å². The number of nitrogens with one attached hydrogen (secondary N) is 2. The molecule has 2 N–H and O–H groups in total. The number of unbranched alkanes of at least 4 members (excludes halogenated alkanes) is 1. The molecule has 6 heteroatoms. The molecule has 0 fully saturated rings. The van der Waals surface area contributed by atoms with Crippen LogP contribution < -0.4 is 15.6 Å². The molecule has 0 spiro atoms. The van der Waals surface area contributed by atoms with Gasteiger partial charge in [-0.15, -0.1) is 0 Å². The highest BCUT2D eigenvalue weighted by molar-refractivity contribution is 5.72. The summed E-state index contributed by atoms with van der Waals surface area (Å²) in [6.45, 7) is 6.40. The number of amides is 1. The van der Waals surface area contributed by atoms with Gasteiger partial charge in [-0.25, -0.2) is 4.79 Å². The second-order valence-electron chi connectivity index (χ2n) is 5.60. The molecule has 0 radical (unpaired) electrons. The molecule has 1 amide bonds. The van der Waals surface area contributed by atoms with Gasteiger partial charge in [0.05, 0.1) is 6.20 Å². The van der Waals surface area contributed by atoms with Crippen molar-refractivity contribution in [1.82, 2.24) is 15.3 Å². The molecular weight excluding hydrogens is 306 g/mol. The minimum absolute atomic E-state index is 0.0746. The van der Waals surface area contributed by atoms with E-state index in [-0.39, 0.29) is 5.56 Å². The Labute approximate surface area is 141 Å². The second kappa shape index (κ2) is 8.29. The van der Waals surface area contributed by atoms with Gasteiger partial charge >= 0.3 is 6.09 Å². The predicted octanol–water partition coefficient (Wildman–Crippen LogP) is 3.20. The van der Waals surface area contributed by atoms with E-state index in [2.05, 4.69) is 22.2 Å². The quantitative estimate of drug-likeness (QED) is 0.797. The van der Waals surface area contributed by atoms with Gasteiger partial charge in [-0.3, -0.25) is 9.78 Å². The summed E-state index contributed by atoms with van der Waals surface area (Å²) in [6.07, 6.45) is 5.24. The Balaban J connectivity index is 2.22. The lowest BCUT2D eigenvalue weighted by Gasteiger charge is -2.10. The lowest BCUT2D eigenvalue weighted by Crippen LogP contribution is -2.27. The van der Waals surface area contributed by atoms with Gasteiger partial charge in [0.25, 0.3) is 5.56 Å². The molecule has 128 valence electrons. The standard InChI is InChI=1S/C18H23N3O3/c1-4-6-7-20-18(23)24-15-8-14(10-19-11-15)16-9-13(5-2)17(22)21-12(16)3/h8-11H,4-7H2,1-3H3,(H,20,23)(H,21,22). The fourth-order valence-electron chi connectivity index (χ4n) is 2.36. The highest BCUT2D eigenvalue weighted by Gasteiger charge is 2.10. The third kappa shape index (κ3) is 4.44. The maximum Gasteiger partial charge on any atom is 0.412 e. The molecule has 0 aliphatic carbocycles. The van der Waals surface area contributed by atoms with Crippen molar-refractivity contribution in [3.8, 4) is 16.9 Å². The Morgan fingerprint density at radius 1 is 1.29 bits per heavy atom. The maximum atomic E-state index is 11.8. The van der Waals surface area contributed by atoms with Gasteiger partial charge in [-0.1, -0.05) is 20.3 Å². The first-order valence-corrected chi connectivity index (χ1v) is 8.19. The van der Waals surface area contributed by atoms with Crippen molar-refractivity contribution in [2.24, 2.45) is 0 Å². The molecule has 0 aliphatic heterocycles. The third-order valence-corrected chi connectivity index (χ3v) is 3.73. The van der Waals surface area contributed by atoms with E-state index < -0.39 is 6.09 Å². The number of carbonyl (C=O) groups excluding carboxylic acids is 1. The van der Waals surface area contributed by atoms with E-state index in [9.17, 15) is 9.59 Å². The van der Waals surface area contributed by atoms with Crippen LogP contribution >= 0.6 is 0 Å². The topological polar surface area (TPSA) is 84.1 Å². The van der Waals surface area contributed by atoms with Gasteiger partial charge in [0.2, 0.25) is 0 Å². The van der Waals surface area contributed by atoms with Crippen molar-refractivity contribution >= 4 is 6.09 Å². The van der Waals surface area contributed by atoms with Gasteiger partial charge in [-0.2, -0.15) is 0 Å². The summed E-state index contributed by atoms with van der Waals surface area (Å²) in [6, 6.07) is 3.60. The van der Waals surface area contributed by atoms with E-state index >= 15 is 0 Å². The predicted molar refractivity (Wildman–Crippen MR) is 93.3 cm³/mol. The van der Waals surface area contributed by atoms with Gasteiger partial charge < -0.3 is 15.0 Å². The number of rotatable bonds is 6. The number of aromatic amines is 1. The second-order valence-corrected chi connectivity index (χ2v) is 5.60. The minimum Gasteiger partial charge on any atom is -0.409 e. The smallest absolute Gasteiger partial charge is 0.409 e. The zero-order valence-corrected chi connectivity index (χ0v) is 14.3. The molecule has 2 aromatic rings. The van der Waals surface area contributed by atoms with E-state index in [0.717, 1.165) is 29.7 Å². The average Bonchev–Trinajstić information content (AvgIpc) is 2.55. The molecule has 24 heavy (non-hydrogen) atoms. The number of aryl methyl sites for hydroxylation is 2. The zero-order valence-electron chi connectivity index (χ0n) is 14.3. The Morgan fingerprint density at radius 3 is 2.79 bits per heavy atom. The van der Waals surface area contributed by atoms with Crippen LogP contribution in [-0.2, 0) is 6.42 Å². The molecule has 0 atom stereocenters. The van der Waals surface area contributed by atoms with Crippen LogP contribution in [0.2, 0.25) is 0 Å². The van der Waals surface area contributed by atoms with E-state index in [1.165, 1.54) is 6.20 Å². The highest BCUT2D eigenvalue weighted by atomic mass is 16.6. The van der Waals surface area contributed by atoms with Crippen LogP contribution in [0.3, 0.4) is 0 Å². The number of carbonyl (C=O) groups is 1. The number of ether oxygens (including phenoxy) is 1. The third-order valence-electron chi connectivity index (χ3n) is 3.73. The number of nitrogens with zero attached hydrogens (tertiary/aromatic N) is 1. The molecule has 0 aromatic carbocycles. The van der Waals surface area contributed by atoms with Crippen LogP contribution in [0.25, 0.3) is 11.1 Å². The monoisotopic (exact) mass is 329 g/mol. The molecule has 2 aromatic heterocycles. The molecule has 0 saturated carbocycles. The largest absolute Gasteiger partial charge is 0.412 e. The van der Waals surface area contributed by atoms with Crippen LogP contribution in [0.5, 0.6) is 5.75 Å². The van der Waals surface area contributed by atoms with Crippen LogP contribution in [0.1, 0.15) is 37.9 Å². The molecule has 0 bridgehead atoms. The number of hydrogen-bond acceptors (Lipinski definition) is 4. The fourth-order valence-corrected chi connectivity index (χ4v) is 2.36. The summed E-state index contributed by atoms with van der Waals surface area (Å²) < 4.78 is 5.26. The number of hydrogen-bond donors (Lipinski definition) is 2. The molecule has 0 aliphatic rings. The molecule has 2 rings (SSSR count). The molecule has 2 heterocycles. The van der Waals surface area contributed by atoms with Crippen LogP contribution in [0, 0.1) is 6.92 Å². The zero-order chi connectivity index (χ0) is 17.5. The number of H-pyrrole nitrogens is 1. The average molecular weight is 329 g/mol. The maximum absolute atomic E-state index is 11.8. The summed E-state index contributed by atoms with van der Waals surface area (Å²) in [5.74, 6) is 0.366. The normalized spacial score (nSPS) is 10.5. The number of aromatic nitrogens is 2. The Kier molecular flexibility index (Phi) is 6.12. The Hall–Kier alpha value is -2.63. The summed E-state index contributed by atoms with van der Waals surface area (Å²) >= 11 is 0. The highest BCUT2D eigenvalue weighted by Crippen LogP contribution is 2.25. The minimum atomic E-state index is -0.491. The van der Waals surface area contributed by atoms with Crippen molar-refractivity contribution in [2.75, 3.05) is 6.54 Å². The first-order valence-electron chi connectivity index (χ1n) is 8.19. The van der Waals surface area contributed by atoms with Crippen molar-refractivity contribution in [1.29, 1.82) is 0 Å². The molecule has 6 nitrogen and oxygen atoms in total. The lowest BCUT2D eigenvalue weighted by molar-refractivity contribution is 0.200. The van der Waals surface area contributed by atoms with Crippen LogP contribution in [-0.4, -0.2) is 22.6 Å². The summed E-state index contributed by atoms with van der Waals surface area (Å²) in [4.78, 5) is 30.6. The summed E-state index contributed by atoms with van der Waals surface area (Å²) in [7, 11) is 0. The van der Waals surface area contributed by atoms with Crippen molar-refractivity contribution < 1.29 is 9.53 Å². The summed E-state index contributed by atoms with van der Waals surface area (Å²) in [5.41, 5.74) is 3.05. The molecular formula is C18H23N3O3. The first-order chi connectivity index (χ1) is 11.5. The molecule has 0 unspecified atom stereocenters. The fraction of sp³-hybridized carbons (Fsp3) is 0.389. The lowest BCUT2D eigenvalue weighted by atomic mass is 10.0. The first kappa shape index (κ1) is 17.7. The van der Waals surface area contributed by atoms with E-state index in [1.54, 1.807) is 12.3 Å². The Bertz CT molecular complexity index is 768.